The molecule has 0 unspecified atom stereocenters. The molecule has 0 saturated carbocycles. The number of carbonyl (C=O) groups is 1. The van der Waals surface area contributed by atoms with Crippen LogP contribution >= 0.6 is 0 Å². The summed E-state index contributed by atoms with van der Waals surface area (Å²) in [6.45, 7) is 10.3. The van der Waals surface area contributed by atoms with Crippen LogP contribution in [0.1, 0.15) is 55.4 Å². The lowest BCUT2D eigenvalue weighted by Gasteiger charge is -2.20. The second-order valence-electron chi connectivity index (χ2n) is 6.47. The fourth-order valence-electron chi connectivity index (χ4n) is 3.08. The third kappa shape index (κ3) is 5.80. The third-order valence-electron chi connectivity index (χ3n) is 4.64. The van der Waals surface area contributed by atoms with Crippen LogP contribution in [0.4, 0.5) is 0 Å². The van der Waals surface area contributed by atoms with Gasteiger partial charge in [0, 0.05) is 12.5 Å². The standard InChI is InChI=1S/C21H32O4/c1-14(10-8-9-13-25-18(5)22)11-12-19-17(4)20(23-6)15(2)16(3)21(19)24-7/h11H,8-10,12-13H2,1-7H3. The molecule has 4 nitrogen and oxygen atoms in total. The van der Waals surface area contributed by atoms with Crippen molar-refractivity contribution in [2.75, 3.05) is 20.8 Å². The molecule has 0 aliphatic carbocycles. The van der Waals surface area contributed by atoms with Crippen LogP contribution in [0.15, 0.2) is 11.6 Å². The summed E-state index contributed by atoms with van der Waals surface area (Å²) < 4.78 is 16.2. The first-order valence-corrected chi connectivity index (χ1v) is 8.83. The van der Waals surface area contributed by atoms with Crippen LogP contribution in [0.2, 0.25) is 0 Å². The van der Waals surface area contributed by atoms with E-state index in [1.54, 1.807) is 14.2 Å². The molecule has 0 saturated heterocycles. The predicted molar refractivity (Wildman–Crippen MR) is 102 cm³/mol. The SMILES string of the molecule is COc1c(C)c(C)c(OC)c(CC=C(C)CCCCOC(C)=O)c1C. The Bertz CT molecular complexity index is 630. The molecule has 0 spiro atoms. The normalized spacial score (nSPS) is 11.4. The first kappa shape index (κ1) is 21.1. The van der Waals surface area contributed by atoms with E-state index >= 15 is 0 Å². The van der Waals surface area contributed by atoms with Crippen molar-refractivity contribution in [1.29, 1.82) is 0 Å². The average molecular weight is 348 g/mol. The first-order chi connectivity index (χ1) is 11.8. The number of unbranched alkanes of at least 4 members (excludes halogenated alkanes) is 1. The summed E-state index contributed by atoms with van der Waals surface area (Å²) in [6, 6.07) is 0. The molecule has 0 radical (unpaired) electrons. The maximum Gasteiger partial charge on any atom is 0.302 e. The number of hydrogen-bond acceptors (Lipinski definition) is 4. The van der Waals surface area contributed by atoms with Crippen LogP contribution in [0, 0.1) is 20.8 Å². The molecule has 25 heavy (non-hydrogen) atoms. The minimum Gasteiger partial charge on any atom is -0.496 e. The maximum atomic E-state index is 10.7. The highest BCUT2D eigenvalue weighted by Crippen LogP contribution is 2.38. The van der Waals surface area contributed by atoms with Crippen molar-refractivity contribution in [3.63, 3.8) is 0 Å². The smallest absolute Gasteiger partial charge is 0.302 e. The van der Waals surface area contributed by atoms with E-state index in [4.69, 9.17) is 14.2 Å². The summed E-state index contributed by atoms with van der Waals surface area (Å²) in [4.78, 5) is 10.7. The second-order valence-corrected chi connectivity index (χ2v) is 6.47. The zero-order chi connectivity index (χ0) is 19.0. The van der Waals surface area contributed by atoms with Crippen molar-refractivity contribution in [2.24, 2.45) is 0 Å². The third-order valence-corrected chi connectivity index (χ3v) is 4.64. The number of hydrogen-bond donors (Lipinski definition) is 0. The quantitative estimate of drug-likeness (QED) is 0.363. The van der Waals surface area contributed by atoms with Crippen molar-refractivity contribution in [3.8, 4) is 11.5 Å². The second kappa shape index (κ2) is 10.1. The average Bonchev–Trinajstić information content (AvgIpc) is 2.56. The van der Waals surface area contributed by atoms with Crippen molar-refractivity contribution >= 4 is 5.97 Å². The Kier molecular flexibility index (Phi) is 8.53. The van der Waals surface area contributed by atoms with Gasteiger partial charge in [0.1, 0.15) is 11.5 Å². The Labute approximate surface area is 152 Å². The molecule has 140 valence electrons. The van der Waals surface area contributed by atoms with Gasteiger partial charge in [-0.05, 0) is 70.1 Å². The van der Waals surface area contributed by atoms with Gasteiger partial charge in [-0.3, -0.25) is 4.79 Å². The van der Waals surface area contributed by atoms with Crippen LogP contribution in [-0.4, -0.2) is 26.8 Å². The van der Waals surface area contributed by atoms with Crippen molar-refractivity contribution in [1.82, 2.24) is 0 Å². The highest BCUT2D eigenvalue weighted by atomic mass is 16.5. The zero-order valence-corrected chi connectivity index (χ0v) is 16.7. The van der Waals surface area contributed by atoms with Crippen molar-refractivity contribution < 1.29 is 19.0 Å². The number of rotatable bonds is 9. The molecule has 0 N–H and O–H groups in total. The van der Waals surface area contributed by atoms with Crippen molar-refractivity contribution in [3.05, 3.63) is 33.9 Å². The van der Waals surface area contributed by atoms with Gasteiger partial charge in [0.15, 0.2) is 0 Å². The largest absolute Gasteiger partial charge is 0.496 e. The molecule has 0 atom stereocenters. The van der Waals surface area contributed by atoms with Crippen LogP contribution in [0.3, 0.4) is 0 Å². The van der Waals surface area contributed by atoms with Gasteiger partial charge in [0.2, 0.25) is 0 Å². The molecule has 1 rings (SSSR count). The molecule has 1 aromatic carbocycles. The summed E-state index contributed by atoms with van der Waals surface area (Å²) in [6.07, 6.45) is 5.99. The molecule has 0 aromatic heterocycles. The Balaban J connectivity index is 2.81. The van der Waals surface area contributed by atoms with Crippen LogP contribution in [0.25, 0.3) is 0 Å². The number of esters is 1. The van der Waals surface area contributed by atoms with Gasteiger partial charge in [-0.25, -0.2) is 0 Å². The monoisotopic (exact) mass is 348 g/mol. The van der Waals surface area contributed by atoms with Gasteiger partial charge >= 0.3 is 5.97 Å². The van der Waals surface area contributed by atoms with Crippen LogP contribution in [-0.2, 0) is 16.0 Å². The minimum absolute atomic E-state index is 0.210. The molecule has 0 amide bonds. The number of allylic oxidation sites excluding steroid dienone is 2. The number of methoxy groups -OCH3 is 2. The number of ether oxygens (including phenoxy) is 3. The highest BCUT2D eigenvalue weighted by molar-refractivity contribution is 5.65. The molecule has 0 heterocycles. The van der Waals surface area contributed by atoms with Gasteiger partial charge in [-0.2, -0.15) is 0 Å². The zero-order valence-electron chi connectivity index (χ0n) is 16.7. The van der Waals surface area contributed by atoms with Gasteiger partial charge in [-0.15, -0.1) is 0 Å². The van der Waals surface area contributed by atoms with Gasteiger partial charge in [-0.1, -0.05) is 11.6 Å². The van der Waals surface area contributed by atoms with Gasteiger partial charge in [0.25, 0.3) is 0 Å². The van der Waals surface area contributed by atoms with E-state index in [9.17, 15) is 4.79 Å². The lowest BCUT2D eigenvalue weighted by atomic mass is 9.94. The topological polar surface area (TPSA) is 44.8 Å². The highest BCUT2D eigenvalue weighted by Gasteiger charge is 2.17. The van der Waals surface area contributed by atoms with E-state index < -0.39 is 0 Å². The molecule has 0 bridgehead atoms. The molecule has 0 aliphatic heterocycles. The van der Waals surface area contributed by atoms with Crippen LogP contribution in [0.5, 0.6) is 11.5 Å². The van der Waals surface area contributed by atoms with E-state index in [0.717, 1.165) is 53.9 Å². The minimum atomic E-state index is -0.210. The van der Waals surface area contributed by atoms with E-state index in [1.807, 2.05) is 0 Å². The molecule has 1 aromatic rings. The van der Waals surface area contributed by atoms with Crippen molar-refractivity contribution in [2.45, 2.75) is 60.3 Å². The summed E-state index contributed by atoms with van der Waals surface area (Å²) in [5, 5.41) is 0. The Morgan fingerprint density at radius 1 is 0.920 bits per heavy atom. The maximum absolute atomic E-state index is 10.7. The van der Waals surface area contributed by atoms with E-state index in [1.165, 1.54) is 18.1 Å². The predicted octanol–water partition coefficient (Wildman–Crippen LogP) is 4.85. The molecule has 0 fully saturated rings. The fourth-order valence-corrected chi connectivity index (χ4v) is 3.08. The summed E-state index contributed by atoms with van der Waals surface area (Å²) in [5.41, 5.74) is 5.92. The Hall–Kier alpha value is -1.97. The molecular weight excluding hydrogens is 316 g/mol. The van der Waals surface area contributed by atoms with Gasteiger partial charge < -0.3 is 14.2 Å². The molecule has 4 heteroatoms. The van der Waals surface area contributed by atoms with Crippen LogP contribution < -0.4 is 9.47 Å². The molecular formula is C21H32O4. The van der Waals surface area contributed by atoms with E-state index in [2.05, 4.69) is 33.8 Å². The number of carbonyl (C=O) groups excluding carboxylic acids is 1. The first-order valence-electron chi connectivity index (χ1n) is 8.83. The lowest BCUT2D eigenvalue weighted by Crippen LogP contribution is -2.03. The van der Waals surface area contributed by atoms with Gasteiger partial charge in [0.05, 0.1) is 20.8 Å². The summed E-state index contributed by atoms with van der Waals surface area (Å²) in [7, 11) is 3.44. The molecule has 0 aliphatic rings. The van der Waals surface area contributed by atoms with E-state index in [-0.39, 0.29) is 5.97 Å². The Morgan fingerprint density at radius 2 is 1.52 bits per heavy atom. The number of benzene rings is 1. The summed E-state index contributed by atoms with van der Waals surface area (Å²) >= 11 is 0. The lowest BCUT2D eigenvalue weighted by molar-refractivity contribution is -0.141. The fraction of sp³-hybridized carbons (Fsp3) is 0.571. The van der Waals surface area contributed by atoms with E-state index in [0.29, 0.717) is 6.61 Å². The summed E-state index contributed by atoms with van der Waals surface area (Å²) in [5.74, 6) is 1.69. The Morgan fingerprint density at radius 3 is 2.08 bits per heavy atom.